The lowest BCUT2D eigenvalue weighted by atomic mass is 9.95. The van der Waals surface area contributed by atoms with Gasteiger partial charge in [-0.1, -0.05) is 13.3 Å². The SMILES string of the molecule is CCCC(C(=O)O)c1ccnc(OC)c1. The zero-order chi connectivity index (χ0) is 11.3. The summed E-state index contributed by atoms with van der Waals surface area (Å²) in [6.45, 7) is 1.97. The summed E-state index contributed by atoms with van der Waals surface area (Å²) >= 11 is 0. The second-order valence-corrected chi connectivity index (χ2v) is 3.31. The van der Waals surface area contributed by atoms with Gasteiger partial charge in [-0.2, -0.15) is 0 Å². The number of carbonyl (C=O) groups is 1. The Kier molecular flexibility index (Phi) is 4.09. The van der Waals surface area contributed by atoms with Gasteiger partial charge >= 0.3 is 5.97 Å². The summed E-state index contributed by atoms with van der Waals surface area (Å²) in [5.74, 6) is -0.813. The van der Waals surface area contributed by atoms with Gasteiger partial charge in [0.2, 0.25) is 5.88 Å². The van der Waals surface area contributed by atoms with Gasteiger partial charge in [0.15, 0.2) is 0 Å². The highest BCUT2D eigenvalue weighted by atomic mass is 16.5. The average Bonchev–Trinajstić information content (AvgIpc) is 2.25. The van der Waals surface area contributed by atoms with Crippen LogP contribution in [0, 0.1) is 0 Å². The molecular weight excluding hydrogens is 194 g/mol. The van der Waals surface area contributed by atoms with Gasteiger partial charge in [0.25, 0.3) is 0 Å². The molecule has 4 nitrogen and oxygen atoms in total. The van der Waals surface area contributed by atoms with Crippen LogP contribution in [0.5, 0.6) is 5.88 Å². The van der Waals surface area contributed by atoms with Crippen LogP contribution in [-0.2, 0) is 4.79 Å². The lowest BCUT2D eigenvalue weighted by Gasteiger charge is -2.11. The quantitative estimate of drug-likeness (QED) is 0.806. The van der Waals surface area contributed by atoms with Crippen molar-refractivity contribution in [3.63, 3.8) is 0 Å². The molecule has 4 heteroatoms. The van der Waals surface area contributed by atoms with Crippen molar-refractivity contribution in [2.24, 2.45) is 0 Å². The minimum absolute atomic E-state index is 0.454. The first-order chi connectivity index (χ1) is 7.19. The molecule has 0 bridgehead atoms. The molecule has 0 fully saturated rings. The van der Waals surface area contributed by atoms with E-state index in [0.717, 1.165) is 12.0 Å². The molecule has 0 spiro atoms. The molecule has 0 saturated heterocycles. The van der Waals surface area contributed by atoms with Crippen molar-refractivity contribution in [2.75, 3.05) is 7.11 Å². The summed E-state index contributed by atoms with van der Waals surface area (Å²) in [4.78, 5) is 15.0. The molecule has 1 unspecified atom stereocenters. The summed E-state index contributed by atoms with van der Waals surface area (Å²) in [6.07, 6.45) is 3.03. The van der Waals surface area contributed by atoms with E-state index in [-0.39, 0.29) is 0 Å². The maximum atomic E-state index is 11.0. The van der Waals surface area contributed by atoms with E-state index in [4.69, 9.17) is 9.84 Å². The largest absolute Gasteiger partial charge is 0.481 e. The van der Waals surface area contributed by atoms with E-state index in [1.165, 1.54) is 7.11 Å². The Morgan fingerprint density at radius 3 is 2.93 bits per heavy atom. The standard InChI is InChI=1S/C11H15NO3/c1-3-4-9(11(13)14)8-5-6-12-10(7-8)15-2/h5-7,9H,3-4H2,1-2H3,(H,13,14). The van der Waals surface area contributed by atoms with Crippen LogP contribution in [0.4, 0.5) is 0 Å². The molecule has 0 amide bonds. The number of pyridine rings is 1. The fourth-order valence-corrected chi connectivity index (χ4v) is 1.47. The van der Waals surface area contributed by atoms with E-state index in [0.29, 0.717) is 12.3 Å². The zero-order valence-corrected chi connectivity index (χ0v) is 8.93. The van der Waals surface area contributed by atoms with Crippen LogP contribution < -0.4 is 4.74 Å². The van der Waals surface area contributed by atoms with Gasteiger partial charge in [-0.3, -0.25) is 4.79 Å². The number of rotatable bonds is 5. The van der Waals surface area contributed by atoms with Gasteiger partial charge in [-0.05, 0) is 18.1 Å². The molecule has 0 aromatic carbocycles. The summed E-state index contributed by atoms with van der Waals surface area (Å²) in [6, 6.07) is 3.39. The number of carboxylic acids is 1. The van der Waals surface area contributed by atoms with E-state index in [1.54, 1.807) is 18.3 Å². The predicted molar refractivity (Wildman–Crippen MR) is 56.1 cm³/mol. The van der Waals surface area contributed by atoms with E-state index >= 15 is 0 Å². The molecule has 1 aromatic heterocycles. The van der Waals surface area contributed by atoms with Crippen molar-refractivity contribution in [1.82, 2.24) is 4.98 Å². The maximum Gasteiger partial charge on any atom is 0.310 e. The fraction of sp³-hybridized carbons (Fsp3) is 0.455. The molecule has 1 atom stereocenters. The lowest BCUT2D eigenvalue weighted by Crippen LogP contribution is -2.11. The van der Waals surface area contributed by atoms with Crippen molar-refractivity contribution in [3.8, 4) is 5.88 Å². The number of methoxy groups -OCH3 is 1. The third-order valence-corrected chi connectivity index (χ3v) is 2.25. The van der Waals surface area contributed by atoms with Gasteiger partial charge in [-0.25, -0.2) is 4.98 Å². The highest BCUT2D eigenvalue weighted by Crippen LogP contribution is 2.23. The smallest absolute Gasteiger partial charge is 0.310 e. The Labute approximate surface area is 88.9 Å². The molecule has 0 saturated carbocycles. The Hall–Kier alpha value is -1.58. The van der Waals surface area contributed by atoms with Gasteiger partial charge in [0.1, 0.15) is 0 Å². The number of carboxylic acid groups (broad SMARTS) is 1. The van der Waals surface area contributed by atoms with Crippen LogP contribution in [0.3, 0.4) is 0 Å². The first kappa shape index (κ1) is 11.5. The zero-order valence-electron chi connectivity index (χ0n) is 8.93. The predicted octanol–water partition coefficient (Wildman–Crippen LogP) is 2.06. The summed E-state index contributed by atoms with van der Waals surface area (Å²) in [5.41, 5.74) is 0.746. The van der Waals surface area contributed by atoms with Crippen LogP contribution in [0.15, 0.2) is 18.3 Å². The van der Waals surface area contributed by atoms with E-state index in [9.17, 15) is 4.79 Å². The summed E-state index contributed by atoms with van der Waals surface area (Å²) in [7, 11) is 1.52. The van der Waals surface area contributed by atoms with Crippen LogP contribution in [0.1, 0.15) is 31.2 Å². The summed E-state index contributed by atoms with van der Waals surface area (Å²) < 4.78 is 4.96. The van der Waals surface area contributed by atoms with Crippen LogP contribution >= 0.6 is 0 Å². The van der Waals surface area contributed by atoms with Crippen LogP contribution in [0.25, 0.3) is 0 Å². The molecule has 1 heterocycles. The number of aliphatic carboxylic acids is 1. The Morgan fingerprint density at radius 2 is 2.40 bits per heavy atom. The van der Waals surface area contributed by atoms with Gasteiger partial charge in [0.05, 0.1) is 13.0 Å². The van der Waals surface area contributed by atoms with Crippen LogP contribution in [0.2, 0.25) is 0 Å². The number of hydrogen-bond acceptors (Lipinski definition) is 3. The first-order valence-corrected chi connectivity index (χ1v) is 4.91. The topological polar surface area (TPSA) is 59.4 Å². The Balaban J connectivity index is 2.94. The minimum Gasteiger partial charge on any atom is -0.481 e. The van der Waals surface area contributed by atoms with Gasteiger partial charge in [-0.15, -0.1) is 0 Å². The van der Waals surface area contributed by atoms with Crippen molar-refractivity contribution in [2.45, 2.75) is 25.7 Å². The molecule has 0 aliphatic rings. The maximum absolute atomic E-state index is 11.0. The van der Waals surface area contributed by atoms with Crippen molar-refractivity contribution < 1.29 is 14.6 Å². The van der Waals surface area contributed by atoms with Crippen LogP contribution in [-0.4, -0.2) is 23.2 Å². The fourth-order valence-electron chi connectivity index (χ4n) is 1.47. The monoisotopic (exact) mass is 209 g/mol. The molecule has 1 rings (SSSR count). The third kappa shape index (κ3) is 2.94. The average molecular weight is 209 g/mol. The molecule has 0 aliphatic carbocycles. The van der Waals surface area contributed by atoms with Crippen molar-refractivity contribution >= 4 is 5.97 Å². The van der Waals surface area contributed by atoms with E-state index < -0.39 is 11.9 Å². The molecule has 1 aromatic rings. The lowest BCUT2D eigenvalue weighted by molar-refractivity contribution is -0.139. The highest BCUT2D eigenvalue weighted by Gasteiger charge is 2.19. The van der Waals surface area contributed by atoms with E-state index in [1.807, 2.05) is 6.92 Å². The third-order valence-electron chi connectivity index (χ3n) is 2.25. The highest BCUT2D eigenvalue weighted by molar-refractivity contribution is 5.76. The second kappa shape index (κ2) is 5.34. The molecule has 15 heavy (non-hydrogen) atoms. The van der Waals surface area contributed by atoms with Gasteiger partial charge in [0, 0.05) is 12.3 Å². The molecule has 1 N–H and O–H groups in total. The molecule has 0 aliphatic heterocycles. The first-order valence-electron chi connectivity index (χ1n) is 4.91. The molecule has 0 radical (unpaired) electrons. The number of hydrogen-bond donors (Lipinski definition) is 1. The molecule has 82 valence electrons. The molecular formula is C11H15NO3. The van der Waals surface area contributed by atoms with Crippen molar-refractivity contribution in [3.05, 3.63) is 23.9 Å². The van der Waals surface area contributed by atoms with Gasteiger partial charge < -0.3 is 9.84 Å². The number of aromatic nitrogens is 1. The minimum atomic E-state index is -0.801. The normalized spacial score (nSPS) is 12.1. The number of ether oxygens (including phenoxy) is 1. The second-order valence-electron chi connectivity index (χ2n) is 3.31. The Morgan fingerprint density at radius 1 is 1.67 bits per heavy atom. The van der Waals surface area contributed by atoms with E-state index in [2.05, 4.69) is 4.98 Å². The Bertz CT molecular complexity index is 338. The summed E-state index contributed by atoms with van der Waals surface area (Å²) in [5, 5.41) is 9.06. The number of nitrogens with zero attached hydrogens (tertiary/aromatic N) is 1. The van der Waals surface area contributed by atoms with Crippen molar-refractivity contribution in [1.29, 1.82) is 0 Å².